The summed E-state index contributed by atoms with van der Waals surface area (Å²) in [6.45, 7) is 2.02. The third kappa shape index (κ3) is 3.77. The summed E-state index contributed by atoms with van der Waals surface area (Å²) in [6, 6.07) is 12.3. The van der Waals surface area contributed by atoms with Crippen molar-refractivity contribution in [3.63, 3.8) is 0 Å². The van der Waals surface area contributed by atoms with Crippen molar-refractivity contribution in [3.8, 4) is 11.5 Å². The van der Waals surface area contributed by atoms with Gasteiger partial charge in [0.05, 0.1) is 11.1 Å². The van der Waals surface area contributed by atoms with Gasteiger partial charge in [-0.25, -0.2) is 9.18 Å². The van der Waals surface area contributed by atoms with Crippen LogP contribution in [-0.4, -0.2) is 35.1 Å². The zero-order chi connectivity index (χ0) is 18.7. The molecule has 26 heavy (non-hydrogen) atoms. The van der Waals surface area contributed by atoms with Gasteiger partial charge in [-0.1, -0.05) is 18.2 Å². The molecule has 0 aromatic heterocycles. The van der Waals surface area contributed by atoms with Gasteiger partial charge < -0.3 is 20.1 Å². The summed E-state index contributed by atoms with van der Waals surface area (Å²) in [5.74, 6) is -0.607. The molecular formula is C19H19FN2O4. The molecule has 1 saturated heterocycles. The van der Waals surface area contributed by atoms with Crippen molar-refractivity contribution in [2.45, 2.75) is 13.3 Å². The van der Waals surface area contributed by atoms with Gasteiger partial charge in [0.15, 0.2) is 5.75 Å². The van der Waals surface area contributed by atoms with Gasteiger partial charge in [-0.05, 0) is 37.6 Å². The monoisotopic (exact) mass is 358 g/mol. The number of carboxylic acid groups (broad SMARTS) is 1. The Morgan fingerprint density at radius 3 is 2.62 bits per heavy atom. The van der Waals surface area contributed by atoms with Crippen molar-refractivity contribution >= 4 is 17.7 Å². The van der Waals surface area contributed by atoms with Gasteiger partial charge >= 0.3 is 12.0 Å². The molecule has 1 atom stereocenters. The van der Waals surface area contributed by atoms with Gasteiger partial charge in [0.25, 0.3) is 0 Å². The minimum absolute atomic E-state index is 0.0956. The maximum Gasteiger partial charge on any atom is 0.321 e. The average Bonchev–Trinajstić information content (AvgIpc) is 3.02. The summed E-state index contributed by atoms with van der Waals surface area (Å²) in [6.07, 6.45) is 0.367. The molecule has 1 aliphatic heterocycles. The molecule has 0 radical (unpaired) electrons. The minimum Gasteiger partial charge on any atom is -0.481 e. The number of aliphatic carboxylic acids is 1. The van der Waals surface area contributed by atoms with Crippen molar-refractivity contribution in [2.75, 3.05) is 18.4 Å². The molecule has 2 amide bonds. The fraction of sp³-hybridized carbons (Fsp3) is 0.263. The molecule has 3 rings (SSSR count). The van der Waals surface area contributed by atoms with Crippen LogP contribution in [0.15, 0.2) is 48.5 Å². The van der Waals surface area contributed by atoms with Gasteiger partial charge in [-0.3, -0.25) is 4.79 Å². The van der Waals surface area contributed by atoms with E-state index in [1.165, 1.54) is 23.1 Å². The van der Waals surface area contributed by atoms with E-state index >= 15 is 0 Å². The molecule has 2 aromatic rings. The van der Waals surface area contributed by atoms with Crippen LogP contribution < -0.4 is 10.1 Å². The van der Waals surface area contributed by atoms with Crippen LogP contribution in [0.3, 0.4) is 0 Å². The number of carboxylic acids is 1. The van der Waals surface area contributed by atoms with Crippen LogP contribution in [0.25, 0.3) is 0 Å². The third-order valence-electron chi connectivity index (χ3n) is 4.43. The molecular weight excluding hydrogens is 339 g/mol. The lowest BCUT2D eigenvalue weighted by molar-refractivity contribution is -0.146. The van der Waals surface area contributed by atoms with E-state index in [1.54, 1.807) is 31.2 Å². The number of urea groups is 1. The molecule has 1 heterocycles. The standard InChI is InChI=1S/C19H19FN2O4/c1-19(17(23)24)9-10-22(12-19)18(25)21-15-11-13(20)7-8-16(15)26-14-5-3-2-4-6-14/h2-8,11H,9-10,12H2,1H3,(H,21,25)(H,23,24). The van der Waals surface area contributed by atoms with Gasteiger partial charge in [0.2, 0.25) is 0 Å². The predicted molar refractivity (Wildman–Crippen MR) is 93.9 cm³/mol. The number of nitrogens with one attached hydrogen (secondary N) is 1. The van der Waals surface area contributed by atoms with Crippen molar-refractivity contribution < 1.29 is 23.8 Å². The number of likely N-dealkylation sites (tertiary alicyclic amines) is 1. The molecule has 7 heteroatoms. The van der Waals surface area contributed by atoms with Crippen LogP contribution in [-0.2, 0) is 4.79 Å². The van der Waals surface area contributed by atoms with Crippen LogP contribution >= 0.6 is 0 Å². The molecule has 6 nitrogen and oxygen atoms in total. The lowest BCUT2D eigenvalue weighted by Crippen LogP contribution is -2.37. The fourth-order valence-electron chi connectivity index (χ4n) is 2.81. The van der Waals surface area contributed by atoms with Crippen LogP contribution in [0, 0.1) is 11.2 Å². The molecule has 0 spiro atoms. The summed E-state index contributed by atoms with van der Waals surface area (Å²) in [4.78, 5) is 25.2. The Kier molecular flexibility index (Phi) is 4.79. The Hall–Kier alpha value is -3.09. The fourth-order valence-corrected chi connectivity index (χ4v) is 2.81. The molecule has 1 unspecified atom stereocenters. The normalized spacial score (nSPS) is 19.2. The minimum atomic E-state index is -0.970. The second-order valence-corrected chi connectivity index (χ2v) is 6.52. The highest BCUT2D eigenvalue weighted by Gasteiger charge is 2.42. The predicted octanol–water partition coefficient (Wildman–Crippen LogP) is 3.95. The quantitative estimate of drug-likeness (QED) is 0.867. The smallest absolute Gasteiger partial charge is 0.321 e. The zero-order valence-corrected chi connectivity index (χ0v) is 14.2. The number of carbonyl (C=O) groups is 2. The second-order valence-electron chi connectivity index (χ2n) is 6.52. The van der Waals surface area contributed by atoms with Gasteiger partial charge in [-0.15, -0.1) is 0 Å². The van der Waals surface area contributed by atoms with Crippen molar-refractivity contribution in [1.82, 2.24) is 4.90 Å². The Morgan fingerprint density at radius 2 is 1.96 bits per heavy atom. The third-order valence-corrected chi connectivity index (χ3v) is 4.43. The zero-order valence-electron chi connectivity index (χ0n) is 14.2. The largest absolute Gasteiger partial charge is 0.481 e. The van der Waals surface area contributed by atoms with E-state index in [4.69, 9.17) is 4.74 Å². The molecule has 2 aromatic carbocycles. The Balaban J connectivity index is 1.76. The van der Waals surface area contributed by atoms with E-state index in [1.807, 2.05) is 6.07 Å². The van der Waals surface area contributed by atoms with Crippen LogP contribution in [0.4, 0.5) is 14.9 Å². The number of hydrogen-bond acceptors (Lipinski definition) is 3. The van der Waals surface area contributed by atoms with Gasteiger partial charge in [0.1, 0.15) is 11.6 Å². The summed E-state index contributed by atoms with van der Waals surface area (Å²) < 4.78 is 19.4. The van der Waals surface area contributed by atoms with Crippen LogP contribution in [0.1, 0.15) is 13.3 Å². The first-order chi connectivity index (χ1) is 12.4. The first-order valence-corrected chi connectivity index (χ1v) is 8.19. The molecule has 1 aliphatic rings. The number of hydrogen-bond donors (Lipinski definition) is 2. The lowest BCUT2D eigenvalue weighted by Gasteiger charge is -2.21. The summed E-state index contributed by atoms with van der Waals surface area (Å²) in [7, 11) is 0. The summed E-state index contributed by atoms with van der Waals surface area (Å²) in [5.41, 5.74) is -0.786. The second kappa shape index (κ2) is 7.03. The molecule has 0 bridgehead atoms. The number of benzene rings is 2. The maximum atomic E-state index is 13.6. The van der Waals surface area contributed by atoms with E-state index in [2.05, 4.69) is 5.32 Å². The molecule has 1 fully saturated rings. The van der Waals surface area contributed by atoms with Crippen molar-refractivity contribution in [3.05, 3.63) is 54.3 Å². The SMILES string of the molecule is CC1(C(=O)O)CCN(C(=O)Nc2cc(F)ccc2Oc2ccccc2)C1. The number of ether oxygens (including phenoxy) is 1. The van der Waals surface area contributed by atoms with Crippen molar-refractivity contribution in [1.29, 1.82) is 0 Å². The highest BCUT2D eigenvalue weighted by molar-refractivity contribution is 5.92. The van der Waals surface area contributed by atoms with E-state index in [-0.39, 0.29) is 12.2 Å². The van der Waals surface area contributed by atoms with E-state index in [0.717, 1.165) is 0 Å². The molecule has 0 aliphatic carbocycles. The van der Waals surface area contributed by atoms with Gasteiger partial charge in [-0.2, -0.15) is 0 Å². The summed E-state index contributed by atoms with van der Waals surface area (Å²) >= 11 is 0. The topological polar surface area (TPSA) is 78.9 Å². The number of halogens is 1. The highest BCUT2D eigenvalue weighted by Crippen LogP contribution is 2.33. The van der Waals surface area contributed by atoms with Crippen LogP contribution in [0.2, 0.25) is 0 Å². The first kappa shape index (κ1) is 17.7. The maximum absolute atomic E-state index is 13.6. The molecule has 0 saturated carbocycles. The average molecular weight is 358 g/mol. The molecule has 2 N–H and O–H groups in total. The van der Waals surface area contributed by atoms with Crippen molar-refractivity contribution in [2.24, 2.45) is 5.41 Å². The number of rotatable bonds is 4. The Labute approximate surface area is 150 Å². The lowest BCUT2D eigenvalue weighted by atomic mass is 9.90. The Bertz CT molecular complexity index is 828. The number of nitrogens with zero attached hydrogens (tertiary/aromatic N) is 1. The summed E-state index contributed by atoms with van der Waals surface area (Å²) in [5, 5.41) is 11.9. The van der Waals surface area contributed by atoms with Gasteiger partial charge in [0, 0.05) is 19.2 Å². The Morgan fingerprint density at radius 1 is 1.23 bits per heavy atom. The van der Waals surface area contributed by atoms with E-state index in [9.17, 15) is 19.1 Å². The van der Waals surface area contributed by atoms with E-state index in [0.29, 0.717) is 24.5 Å². The molecule has 136 valence electrons. The first-order valence-electron chi connectivity index (χ1n) is 8.19. The van der Waals surface area contributed by atoms with E-state index < -0.39 is 23.2 Å². The van der Waals surface area contributed by atoms with Crippen LogP contribution in [0.5, 0.6) is 11.5 Å². The number of anilines is 1. The number of amides is 2. The highest BCUT2D eigenvalue weighted by atomic mass is 19.1. The number of carbonyl (C=O) groups excluding carboxylic acids is 1. The number of para-hydroxylation sites is 1.